The van der Waals surface area contributed by atoms with Gasteiger partial charge in [0.15, 0.2) is 11.5 Å². The smallest absolute Gasteiger partial charge is 0.242 e. The van der Waals surface area contributed by atoms with Gasteiger partial charge in [-0.05, 0) is 62.4 Å². The molecule has 5 rings (SSSR count). The maximum Gasteiger partial charge on any atom is 0.242 e. The van der Waals surface area contributed by atoms with Crippen molar-refractivity contribution in [3.05, 3.63) is 47.4 Å². The maximum atomic E-state index is 13.5. The fraction of sp³-hybridized carbons (Fsp3) is 0.520. The second-order valence-corrected chi connectivity index (χ2v) is 9.08. The minimum absolute atomic E-state index is 0.00975. The SMILES string of the molecule is Cc1ccc(CN(Cc2ccc3c(c2)OCO3)C(=O)CN(CC2CCCO2)C(=O)C2CC2)o1. The van der Waals surface area contributed by atoms with Gasteiger partial charge in [0, 0.05) is 25.6 Å². The normalized spacial score (nSPS) is 19.0. The Balaban J connectivity index is 1.33. The highest BCUT2D eigenvalue weighted by Gasteiger charge is 2.36. The van der Waals surface area contributed by atoms with Crippen LogP contribution in [0, 0.1) is 12.8 Å². The molecule has 2 amide bonds. The summed E-state index contributed by atoms with van der Waals surface area (Å²) in [5.74, 6) is 2.89. The topological polar surface area (TPSA) is 81.5 Å². The van der Waals surface area contributed by atoms with Crippen LogP contribution in [-0.2, 0) is 27.4 Å². The van der Waals surface area contributed by atoms with Crippen LogP contribution in [0.2, 0.25) is 0 Å². The highest BCUT2D eigenvalue weighted by molar-refractivity contribution is 5.87. The lowest BCUT2D eigenvalue weighted by atomic mass is 10.1. The number of carbonyl (C=O) groups is 2. The van der Waals surface area contributed by atoms with Gasteiger partial charge in [0.1, 0.15) is 11.5 Å². The van der Waals surface area contributed by atoms with Crippen molar-refractivity contribution in [2.45, 2.75) is 51.8 Å². The number of ether oxygens (including phenoxy) is 3. The van der Waals surface area contributed by atoms with E-state index in [4.69, 9.17) is 18.6 Å². The largest absolute Gasteiger partial charge is 0.464 e. The molecule has 0 radical (unpaired) electrons. The monoisotopic (exact) mass is 454 g/mol. The van der Waals surface area contributed by atoms with Gasteiger partial charge in [0.05, 0.1) is 19.2 Å². The Morgan fingerprint density at radius 3 is 2.58 bits per heavy atom. The van der Waals surface area contributed by atoms with E-state index in [0.717, 1.165) is 43.6 Å². The third-order valence-corrected chi connectivity index (χ3v) is 6.32. The van der Waals surface area contributed by atoms with Crippen molar-refractivity contribution >= 4 is 11.8 Å². The van der Waals surface area contributed by atoms with Crippen LogP contribution in [-0.4, -0.2) is 54.2 Å². The number of benzene rings is 1. The molecule has 3 aliphatic rings. The Bertz CT molecular complexity index is 1010. The third kappa shape index (κ3) is 5.33. The zero-order chi connectivity index (χ0) is 22.8. The van der Waals surface area contributed by atoms with E-state index in [1.807, 2.05) is 37.3 Å². The van der Waals surface area contributed by atoms with Gasteiger partial charge in [-0.1, -0.05) is 6.07 Å². The molecule has 2 aliphatic heterocycles. The number of amides is 2. The first-order valence-corrected chi connectivity index (χ1v) is 11.7. The van der Waals surface area contributed by atoms with Crippen molar-refractivity contribution < 1.29 is 28.2 Å². The number of hydrogen-bond acceptors (Lipinski definition) is 6. The molecule has 1 aliphatic carbocycles. The number of nitrogens with zero attached hydrogens (tertiary/aromatic N) is 2. The van der Waals surface area contributed by atoms with Crippen molar-refractivity contribution in [3.63, 3.8) is 0 Å². The summed E-state index contributed by atoms with van der Waals surface area (Å²) in [5.41, 5.74) is 0.926. The Hall–Kier alpha value is -3.00. The first-order chi connectivity index (χ1) is 16.0. The Labute approximate surface area is 193 Å². The molecule has 1 saturated carbocycles. The molecule has 8 nitrogen and oxygen atoms in total. The number of carbonyl (C=O) groups excluding carboxylic acids is 2. The van der Waals surface area contributed by atoms with Crippen LogP contribution < -0.4 is 9.47 Å². The molecule has 33 heavy (non-hydrogen) atoms. The first kappa shape index (κ1) is 21.8. The van der Waals surface area contributed by atoms with Crippen LogP contribution in [0.4, 0.5) is 0 Å². The summed E-state index contributed by atoms with van der Waals surface area (Å²) in [4.78, 5) is 29.9. The zero-order valence-electron chi connectivity index (χ0n) is 19.0. The fourth-order valence-electron chi connectivity index (χ4n) is 4.37. The number of hydrogen-bond donors (Lipinski definition) is 0. The molecule has 8 heteroatoms. The number of rotatable bonds is 9. The number of aryl methyl sites for hydroxylation is 1. The van der Waals surface area contributed by atoms with Crippen LogP contribution in [0.3, 0.4) is 0 Å². The molecule has 1 atom stereocenters. The molecule has 0 spiro atoms. The van der Waals surface area contributed by atoms with Crippen LogP contribution >= 0.6 is 0 Å². The predicted octanol–water partition coefficient (Wildman–Crippen LogP) is 3.26. The zero-order valence-corrected chi connectivity index (χ0v) is 19.0. The Morgan fingerprint density at radius 2 is 1.85 bits per heavy atom. The summed E-state index contributed by atoms with van der Waals surface area (Å²) in [5, 5.41) is 0. The van der Waals surface area contributed by atoms with Gasteiger partial charge in [-0.2, -0.15) is 0 Å². The molecular weight excluding hydrogens is 424 g/mol. The second-order valence-electron chi connectivity index (χ2n) is 9.08. The standard InChI is InChI=1S/C25H30N2O6/c1-17-4-8-21(33-17)14-26(12-18-5-9-22-23(11-18)32-16-31-22)24(28)15-27(25(29)19-6-7-19)13-20-3-2-10-30-20/h4-5,8-9,11,19-20H,2-3,6-7,10,12-16H2,1H3. The van der Waals surface area contributed by atoms with Gasteiger partial charge in [0.25, 0.3) is 0 Å². The molecule has 2 aromatic rings. The third-order valence-electron chi connectivity index (χ3n) is 6.32. The van der Waals surface area contributed by atoms with Crippen molar-refractivity contribution in [3.8, 4) is 11.5 Å². The minimum atomic E-state index is -0.117. The van der Waals surface area contributed by atoms with Crippen molar-refractivity contribution in [2.75, 3.05) is 26.5 Å². The molecular formula is C25H30N2O6. The summed E-state index contributed by atoms with van der Waals surface area (Å²) >= 11 is 0. The van der Waals surface area contributed by atoms with E-state index >= 15 is 0 Å². The summed E-state index contributed by atoms with van der Waals surface area (Å²) in [6.45, 7) is 4.02. The van der Waals surface area contributed by atoms with Crippen molar-refractivity contribution in [1.29, 1.82) is 0 Å². The van der Waals surface area contributed by atoms with E-state index in [9.17, 15) is 9.59 Å². The van der Waals surface area contributed by atoms with Crippen LogP contribution in [0.25, 0.3) is 0 Å². The molecule has 176 valence electrons. The minimum Gasteiger partial charge on any atom is -0.464 e. The van der Waals surface area contributed by atoms with Gasteiger partial charge >= 0.3 is 0 Å². The highest BCUT2D eigenvalue weighted by Crippen LogP contribution is 2.33. The van der Waals surface area contributed by atoms with E-state index in [2.05, 4.69) is 0 Å². The Kier molecular flexibility index (Phi) is 6.26. The van der Waals surface area contributed by atoms with Crippen molar-refractivity contribution in [2.24, 2.45) is 5.92 Å². The molecule has 3 heterocycles. The fourth-order valence-corrected chi connectivity index (χ4v) is 4.37. The number of furan rings is 1. The summed E-state index contributed by atoms with van der Waals surface area (Å²) in [7, 11) is 0. The summed E-state index contributed by atoms with van der Waals surface area (Å²) < 4.78 is 22.4. The maximum absolute atomic E-state index is 13.5. The van der Waals surface area contributed by atoms with Crippen LogP contribution in [0.5, 0.6) is 11.5 Å². The molecule has 0 N–H and O–H groups in total. The van der Waals surface area contributed by atoms with Gasteiger partial charge in [-0.25, -0.2) is 0 Å². The number of fused-ring (bicyclic) bond motifs is 1. The van der Waals surface area contributed by atoms with Gasteiger partial charge in [-0.3, -0.25) is 9.59 Å². The van der Waals surface area contributed by atoms with E-state index in [-0.39, 0.29) is 37.2 Å². The average Bonchev–Trinajstić information content (AvgIpc) is 3.14. The molecule has 1 aromatic carbocycles. The molecule has 0 bridgehead atoms. The van der Waals surface area contributed by atoms with E-state index in [1.54, 1.807) is 9.80 Å². The molecule has 1 aromatic heterocycles. The summed E-state index contributed by atoms with van der Waals surface area (Å²) in [6, 6.07) is 9.46. The molecule has 2 fully saturated rings. The van der Waals surface area contributed by atoms with E-state index < -0.39 is 0 Å². The van der Waals surface area contributed by atoms with Gasteiger partial charge < -0.3 is 28.4 Å². The second kappa shape index (κ2) is 9.47. The lowest BCUT2D eigenvalue weighted by Gasteiger charge is -2.29. The predicted molar refractivity (Wildman–Crippen MR) is 119 cm³/mol. The van der Waals surface area contributed by atoms with E-state index in [1.165, 1.54) is 0 Å². The highest BCUT2D eigenvalue weighted by atomic mass is 16.7. The Morgan fingerprint density at radius 1 is 1.00 bits per heavy atom. The van der Waals surface area contributed by atoms with E-state index in [0.29, 0.717) is 36.9 Å². The van der Waals surface area contributed by atoms with Crippen LogP contribution in [0.15, 0.2) is 34.7 Å². The van der Waals surface area contributed by atoms with Gasteiger partial charge in [-0.15, -0.1) is 0 Å². The lowest BCUT2D eigenvalue weighted by molar-refractivity contribution is -0.143. The van der Waals surface area contributed by atoms with Crippen LogP contribution in [0.1, 0.15) is 42.8 Å². The lowest BCUT2D eigenvalue weighted by Crippen LogP contribution is -2.45. The molecule has 1 saturated heterocycles. The first-order valence-electron chi connectivity index (χ1n) is 11.7. The van der Waals surface area contributed by atoms with Crippen molar-refractivity contribution in [1.82, 2.24) is 9.80 Å². The molecule has 1 unspecified atom stereocenters. The van der Waals surface area contributed by atoms with Gasteiger partial charge in [0.2, 0.25) is 18.6 Å². The summed E-state index contributed by atoms with van der Waals surface area (Å²) in [6.07, 6.45) is 3.74. The quantitative estimate of drug-likeness (QED) is 0.579. The average molecular weight is 455 g/mol.